The Hall–Kier alpha value is -2.08. The van der Waals surface area contributed by atoms with E-state index in [2.05, 4.69) is 30.7 Å². The lowest BCUT2D eigenvalue weighted by Crippen LogP contribution is -2.42. The summed E-state index contributed by atoms with van der Waals surface area (Å²) in [5.74, 6) is 0.752. The maximum Gasteiger partial charge on any atom is 0.331 e. The molecule has 0 aliphatic carbocycles. The number of benzene rings is 1. The second-order valence-corrected chi connectivity index (χ2v) is 7.24. The van der Waals surface area contributed by atoms with Crippen molar-refractivity contribution < 1.29 is 4.79 Å². The highest BCUT2D eigenvalue weighted by atomic mass is 16.2. The molecule has 1 amide bonds. The maximum atomic E-state index is 13.0. The first-order valence-corrected chi connectivity index (χ1v) is 9.74. The third-order valence-electron chi connectivity index (χ3n) is 5.46. The van der Waals surface area contributed by atoms with Crippen LogP contribution in [-0.4, -0.2) is 71.7 Å². The van der Waals surface area contributed by atoms with Crippen molar-refractivity contribution in [2.75, 3.05) is 45.2 Å². The molecule has 2 aromatic rings. The molecule has 26 heavy (non-hydrogen) atoms. The topological polar surface area (TPSA) is 44.6 Å². The summed E-state index contributed by atoms with van der Waals surface area (Å²) in [7, 11) is 3.96. The normalized spacial score (nSPS) is 17.9. The molecule has 2 heterocycles. The fraction of sp³-hybridized carbons (Fsp3) is 0.600. The van der Waals surface area contributed by atoms with Gasteiger partial charge in [0.05, 0.1) is 17.1 Å². The molecule has 1 aliphatic rings. The Morgan fingerprint density at radius 3 is 2.69 bits per heavy atom. The molecule has 1 aliphatic heterocycles. The summed E-state index contributed by atoms with van der Waals surface area (Å²) in [6, 6.07) is 8.12. The van der Waals surface area contributed by atoms with Crippen LogP contribution in [-0.2, 0) is 0 Å². The number of anilines is 1. The molecule has 0 radical (unpaired) electrons. The molecule has 0 N–H and O–H groups in total. The summed E-state index contributed by atoms with van der Waals surface area (Å²) in [5.41, 5.74) is 1.75. The third-order valence-corrected chi connectivity index (χ3v) is 5.46. The van der Waals surface area contributed by atoms with Gasteiger partial charge in [0.15, 0.2) is 0 Å². The van der Waals surface area contributed by atoms with Crippen molar-refractivity contribution in [3.05, 3.63) is 24.3 Å². The summed E-state index contributed by atoms with van der Waals surface area (Å²) in [6.45, 7) is 8.45. The van der Waals surface area contributed by atoms with Crippen LogP contribution in [0.15, 0.2) is 24.3 Å². The molecule has 0 saturated carbocycles. The van der Waals surface area contributed by atoms with Crippen LogP contribution in [0.25, 0.3) is 11.0 Å². The summed E-state index contributed by atoms with van der Waals surface area (Å²) in [6.07, 6.45) is 3.48. The zero-order chi connectivity index (χ0) is 18.7. The Morgan fingerprint density at radius 1 is 1.19 bits per heavy atom. The lowest BCUT2D eigenvalue weighted by molar-refractivity contribution is 0.208. The molecule has 0 fully saturated rings. The predicted octanol–water partition coefficient (Wildman–Crippen LogP) is 3.27. The fourth-order valence-electron chi connectivity index (χ4n) is 3.72. The summed E-state index contributed by atoms with van der Waals surface area (Å²) >= 11 is 0. The first-order chi connectivity index (χ1) is 12.6. The minimum atomic E-state index is 0.00128. The van der Waals surface area contributed by atoms with E-state index in [-0.39, 0.29) is 12.1 Å². The van der Waals surface area contributed by atoms with Gasteiger partial charge in [-0.2, -0.15) is 0 Å². The monoisotopic (exact) mass is 357 g/mol. The Labute approximate surface area is 156 Å². The van der Waals surface area contributed by atoms with Gasteiger partial charge in [-0.15, -0.1) is 0 Å². The van der Waals surface area contributed by atoms with Crippen LogP contribution < -0.4 is 4.90 Å². The first kappa shape index (κ1) is 18.7. The lowest BCUT2D eigenvalue weighted by Gasteiger charge is -2.30. The van der Waals surface area contributed by atoms with Crippen LogP contribution in [0.4, 0.5) is 10.7 Å². The van der Waals surface area contributed by atoms with E-state index in [1.807, 2.05) is 36.2 Å². The smallest absolute Gasteiger partial charge is 0.331 e. The molecule has 1 aromatic heterocycles. The van der Waals surface area contributed by atoms with Crippen LogP contribution in [0, 0.1) is 0 Å². The standard InChI is InChI=1S/C20H31N5O/c1-5-7-13-24(6-2)14-12-16-15-22(3)20(26)25-18-11-9-8-10-17(18)21-19(25)23(16)4/h8-11,16H,5-7,12-15H2,1-4H3. The van der Waals surface area contributed by atoms with Gasteiger partial charge in [0, 0.05) is 27.2 Å². The largest absolute Gasteiger partial charge is 0.340 e. The molecular weight excluding hydrogens is 326 g/mol. The number of likely N-dealkylation sites (N-methyl/N-ethyl adjacent to an activating group) is 2. The molecule has 1 atom stereocenters. The first-order valence-electron chi connectivity index (χ1n) is 9.74. The van der Waals surface area contributed by atoms with Crippen molar-refractivity contribution in [1.82, 2.24) is 19.4 Å². The minimum Gasteiger partial charge on any atom is -0.340 e. The van der Waals surface area contributed by atoms with Crippen LogP contribution in [0.3, 0.4) is 0 Å². The molecule has 1 unspecified atom stereocenters. The Bertz CT molecular complexity index is 756. The van der Waals surface area contributed by atoms with Gasteiger partial charge in [-0.05, 0) is 38.1 Å². The van der Waals surface area contributed by atoms with Gasteiger partial charge >= 0.3 is 6.03 Å². The van der Waals surface area contributed by atoms with E-state index in [0.29, 0.717) is 0 Å². The molecule has 0 spiro atoms. The highest BCUT2D eigenvalue weighted by Gasteiger charge is 2.31. The SMILES string of the molecule is CCCCN(CC)CCC1CN(C)C(=O)n2c(nc3ccccc32)N1C. The molecular formula is C20H31N5O. The number of hydrogen-bond acceptors (Lipinski definition) is 4. The van der Waals surface area contributed by atoms with Gasteiger partial charge in [0.25, 0.3) is 0 Å². The van der Waals surface area contributed by atoms with E-state index in [1.165, 1.54) is 12.8 Å². The van der Waals surface area contributed by atoms with Crippen molar-refractivity contribution >= 4 is 23.0 Å². The zero-order valence-corrected chi connectivity index (χ0v) is 16.5. The number of hydrogen-bond donors (Lipinski definition) is 0. The van der Waals surface area contributed by atoms with E-state index in [0.717, 1.165) is 49.6 Å². The number of amides is 1. The van der Waals surface area contributed by atoms with E-state index in [9.17, 15) is 4.79 Å². The molecule has 0 saturated heterocycles. The highest BCUT2D eigenvalue weighted by molar-refractivity contribution is 5.93. The minimum absolute atomic E-state index is 0.00128. The van der Waals surface area contributed by atoms with E-state index in [1.54, 1.807) is 4.57 Å². The number of carbonyl (C=O) groups excluding carboxylic acids is 1. The second-order valence-electron chi connectivity index (χ2n) is 7.24. The number of nitrogens with zero attached hydrogens (tertiary/aromatic N) is 5. The number of unbranched alkanes of at least 4 members (excludes halogenated alkanes) is 1. The summed E-state index contributed by atoms with van der Waals surface area (Å²) < 4.78 is 1.75. The van der Waals surface area contributed by atoms with Crippen LogP contribution in [0.1, 0.15) is 33.1 Å². The Morgan fingerprint density at radius 2 is 1.96 bits per heavy atom. The third kappa shape index (κ3) is 3.56. The van der Waals surface area contributed by atoms with Gasteiger partial charge < -0.3 is 14.7 Å². The van der Waals surface area contributed by atoms with E-state index in [4.69, 9.17) is 4.98 Å². The van der Waals surface area contributed by atoms with Crippen LogP contribution >= 0.6 is 0 Å². The van der Waals surface area contributed by atoms with E-state index < -0.39 is 0 Å². The average Bonchev–Trinajstić information content (AvgIpc) is 3.01. The number of para-hydroxylation sites is 2. The summed E-state index contributed by atoms with van der Waals surface area (Å²) in [5, 5.41) is 0. The lowest BCUT2D eigenvalue weighted by atomic mass is 10.1. The number of aromatic nitrogens is 2. The Kier molecular flexibility index (Phi) is 5.81. The van der Waals surface area contributed by atoms with Gasteiger partial charge in [-0.1, -0.05) is 32.4 Å². The number of rotatable bonds is 7. The molecule has 6 heteroatoms. The number of fused-ring (bicyclic) bond motifs is 3. The van der Waals surface area contributed by atoms with Crippen molar-refractivity contribution in [1.29, 1.82) is 0 Å². The molecule has 6 nitrogen and oxygen atoms in total. The van der Waals surface area contributed by atoms with Crippen molar-refractivity contribution in [2.45, 2.75) is 39.2 Å². The quantitative estimate of drug-likeness (QED) is 0.763. The van der Waals surface area contributed by atoms with Crippen LogP contribution in [0.5, 0.6) is 0 Å². The highest BCUT2D eigenvalue weighted by Crippen LogP contribution is 2.27. The van der Waals surface area contributed by atoms with Crippen LogP contribution in [0.2, 0.25) is 0 Å². The molecule has 1 aromatic carbocycles. The summed E-state index contributed by atoms with van der Waals surface area (Å²) in [4.78, 5) is 24.2. The fourth-order valence-corrected chi connectivity index (χ4v) is 3.72. The Balaban J connectivity index is 1.84. The number of carbonyl (C=O) groups is 1. The second kappa shape index (κ2) is 8.08. The maximum absolute atomic E-state index is 13.0. The number of imidazole rings is 1. The van der Waals surface area contributed by atoms with Gasteiger partial charge in [0.1, 0.15) is 0 Å². The van der Waals surface area contributed by atoms with Gasteiger partial charge in [-0.3, -0.25) is 0 Å². The van der Waals surface area contributed by atoms with Gasteiger partial charge in [0.2, 0.25) is 5.95 Å². The molecule has 3 rings (SSSR count). The zero-order valence-electron chi connectivity index (χ0n) is 16.5. The van der Waals surface area contributed by atoms with E-state index >= 15 is 0 Å². The predicted molar refractivity (Wildman–Crippen MR) is 107 cm³/mol. The van der Waals surface area contributed by atoms with Crippen molar-refractivity contribution in [3.8, 4) is 0 Å². The van der Waals surface area contributed by atoms with Gasteiger partial charge in [-0.25, -0.2) is 14.3 Å². The average molecular weight is 358 g/mol. The van der Waals surface area contributed by atoms with Crippen molar-refractivity contribution in [2.24, 2.45) is 0 Å². The van der Waals surface area contributed by atoms with Crippen molar-refractivity contribution in [3.63, 3.8) is 0 Å². The molecule has 142 valence electrons. The molecule has 0 bridgehead atoms.